The Bertz CT molecular complexity index is 2350. The highest BCUT2D eigenvalue weighted by Crippen LogP contribution is 2.40. The zero-order chi connectivity index (χ0) is 53.5. The summed E-state index contributed by atoms with van der Waals surface area (Å²) in [4.78, 5) is 72.9. The van der Waals surface area contributed by atoms with Gasteiger partial charge in [-0.15, -0.1) is 5.06 Å². The van der Waals surface area contributed by atoms with Gasteiger partial charge in [0.05, 0.1) is 67.1 Å². The third-order valence-corrected chi connectivity index (χ3v) is 14.2. The second-order valence-electron chi connectivity index (χ2n) is 22.6. The van der Waals surface area contributed by atoms with Crippen molar-refractivity contribution >= 4 is 48.2 Å². The zero-order valence-corrected chi connectivity index (χ0v) is 45.7. The first-order chi connectivity index (χ1) is 34.5. The van der Waals surface area contributed by atoms with Crippen molar-refractivity contribution in [3.63, 3.8) is 0 Å². The van der Waals surface area contributed by atoms with E-state index in [9.17, 15) is 24.0 Å². The van der Waals surface area contributed by atoms with Crippen molar-refractivity contribution in [3.05, 3.63) is 88.5 Å². The number of quaternary nitrogens is 2. The molecule has 17 heteroatoms. The molecule has 5 rings (SSSR count). The summed E-state index contributed by atoms with van der Waals surface area (Å²) in [5.74, 6) is -2.09. The van der Waals surface area contributed by atoms with Crippen molar-refractivity contribution in [2.45, 2.75) is 135 Å². The van der Waals surface area contributed by atoms with Gasteiger partial charge in [-0.3, -0.25) is 19.2 Å². The minimum absolute atomic E-state index is 0.0227. The lowest BCUT2D eigenvalue weighted by Crippen LogP contribution is -2.51. The van der Waals surface area contributed by atoms with Crippen LogP contribution in [0, 0.1) is 5.92 Å². The number of likely N-dealkylation sites (N-methyl/N-ethyl adjacent to an activating group) is 1. The summed E-state index contributed by atoms with van der Waals surface area (Å²) in [7, 11) is 14.7. The summed E-state index contributed by atoms with van der Waals surface area (Å²) in [6.45, 7) is 6.90. The number of amides is 3. The molecule has 0 bridgehead atoms. The first kappa shape index (κ1) is 58.6. The first-order valence-corrected chi connectivity index (χ1v) is 27.0. The van der Waals surface area contributed by atoms with E-state index in [-0.39, 0.29) is 43.3 Å². The lowest BCUT2D eigenvalue weighted by atomic mass is 9.88. The fourth-order valence-electron chi connectivity index (χ4n) is 10.0. The normalized spacial score (nSPS) is 16.3. The molecule has 2 atom stereocenters. The number of aryl methyl sites for hydroxylation is 2. The van der Waals surface area contributed by atoms with Gasteiger partial charge in [-0.05, 0) is 114 Å². The van der Waals surface area contributed by atoms with E-state index >= 15 is 8.63 Å². The average Bonchev–Trinajstić information content (AvgIpc) is 3.99. The summed E-state index contributed by atoms with van der Waals surface area (Å²) in [5.41, 5.74) is 4.87. The molecule has 1 aromatic heterocycles. The number of hydroxylamine groups is 2. The van der Waals surface area contributed by atoms with Crippen LogP contribution in [-0.2, 0) is 41.7 Å². The van der Waals surface area contributed by atoms with E-state index in [0.717, 1.165) is 95.3 Å². The van der Waals surface area contributed by atoms with Crippen LogP contribution < -0.4 is 10.6 Å². The average molecular weight is 1020 g/mol. The Morgan fingerprint density at radius 1 is 0.863 bits per heavy atom. The van der Waals surface area contributed by atoms with Crippen LogP contribution in [0.5, 0.6) is 0 Å². The van der Waals surface area contributed by atoms with Crippen LogP contribution >= 0.6 is 0 Å². The van der Waals surface area contributed by atoms with Gasteiger partial charge in [-0.1, -0.05) is 51.5 Å². The first-order valence-electron chi connectivity index (χ1n) is 27.0. The number of fused-ring (bicyclic) bond motifs is 2. The van der Waals surface area contributed by atoms with Gasteiger partial charge in [0.25, 0.3) is 5.91 Å². The number of Topliss-reactive ketones (excluding diaryl/α,β-unsaturated/α-hetero) is 1. The molecule has 2 N–H and O–H groups in total. The van der Waals surface area contributed by atoms with Gasteiger partial charge in [-0.25, -0.2) is 4.79 Å². The standard InChI is InChI=1S/C56H85BF2N8O6/c1-11-13-23-44-38-47(63-50(44)41-51-45(27-22-37-67(8,9)10)39-49(64(51)57(63,58)59)43-24-16-14-17-25-43)30-31-53(69)61-48(12-2)52(68)40-46(26-19-21-36-66(5,6)7)56(72)60-33-35-62(4)34-20-15-18-28-55(71)73-65-42(3)29-32-54(65)70/h14,16-17,24-25,38-39,41,46,48H,3,11-13,15,18-23,26-37,40H2,1-2,4-10H3/p+2. The van der Waals surface area contributed by atoms with Crippen LogP contribution in [0.4, 0.5) is 8.63 Å². The van der Waals surface area contributed by atoms with Crippen molar-refractivity contribution in [1.29, 1.82) is 0 Å². The van der Waals surface area contributed by atoms with Gasteiger partial charge >= 0.3 is 12.9 Å². The van der Waals surface area contributed by atoms with Crippen molar-refractivity contribution in [3.8, 4) is 0 Å². The Labute approximate surface area is 434 Å². The number of aromatic nitrogens is 1. The zero-order valence-electron chi connectivity index (χ0n) is 45.7. The molecule has 2 aromatic rings. The highest BCUT2D eigenvalue weighted by atomic mass is 19.2. The van der Waals surface area contributed by atoms with E-state index in [1.807, 2.05) is 62.5 Å². The second-order valence-corrected chi connectivity index (χ2v) is 22.6. The minimum atomic E-state index is -4.36. The molecule has 73 heavy (non-hydrogen) atoms. The smallest absolute Gasteiger partial charge is 0.394 e. The number of carbonyl (C=O) groups is 5. The highest BCUT2D eigenvalue weighted by molar-refractivity contribution is 6.58. The van der Waals surface area contributed by atoms with E-state index in [4.69, 9.17) is 4.84 Å². The summed E-state index contributed by atoms with van der Waals surface area (Å²) in [6.07, 6.45) is 13.5. The molecule has 402 valence electrons. The lowest BCUT2D eigenvalue weighted by molar-refractivity contribution is -0.870. The van der Waals surface area contributed by atoms with Crippen LogP contribution in [0.2, 0.25) is 0 Å². The van der Waals surface area contributed by atoms with Crippen molar-refractivity contribution in [2.75, 3.05) is 82.1 Å². The molecular formula is C56H87BF2N8O6+2. The SMILES string of the molecule is C=C1CCC(=O)N1OC(=O)CCCCCN(C)CCNC(=O)C(CCCC[N+](C)(C)C)CC(=O)C(CC)NC(=O)CCc1cc(CCCC)c2n1[B-](F)(F)[N+]1=C(c3ccccc3)C=C(CCC[N+](C)(C)C)C1=C2. The molecule has 1 aromatic carbocycles. The van der Waals surface area contributed by atoms with Gasteiger partial charge in [0.15, 0.2) is 17.2 Å². The number of ketones is 1. The number of nitrogens with one attached hydrogen (secondary N) is 2. The summed E-state index contributed by atoms with van der Waals surface area (Å²) in [6, 6.07) is 10.4. The molecule has 2 unspecified atom stereocenters. The van der Waals surface area contributed by atoms with Crippen molar-refractivity contribution < 1.29 is 50.9 Å². The van der Waals surface area contributed by atoms with Crippen LogP contribution in [0.25, 0.3) is 6.08 Å². The van der Waals surface area contributed by atoms with Crippen LogP contribution in [0.3, 0.4) is 0 Å². The molecule has 0 aliphatic carbocycles. The number of carbonyl (C=O) groups excluding carboxylic acids is 5. The molecule has 1 fully saturated rings. The van der Waals surface area contributed by atoms with Crippen LogP contribution in [0.1, 0.15) is 139 Å². The quantitative estimate of drug-likeness (QED) is 0.0434. The number of halogens is 2. The molecule has 1 saturated heterocycles. The molecule has 0 radical (unpaired) electrons. The molecule has 0 saturated carbocycles. The van der Waals surface area contributed by atoms with Gasteiger partial charge in [0.2, 0.25) is 11.8 Å². The monoisotopic (exact) mass is 1020 g/mol. The van der Waals surface area contributed by atoms with Gasteiger partial charge in [0, 0.05) is 80.1 Å². The topological polar surface area (TPSA) is 133 Å². The molecular weight excluding hydrogens is 929 g/mol. The molecule has 3 amide bonds. The maximum Gasteiger partial charge on any atom is 0.737 e. The molecule has 4 heterocycles. The predicted molar refractivity (Wildman–Crippen MR) is 286 cm³/mol. The van der Waals surface area contributed by atoms with Gasteiger partial charge in [-0.2, -0.15) is 0 Å². The van der Waals surface area contributed by atoms with E-state index in [2.05, 4.69) is 71.3 Å². The Morgan fingerprint density at radius 2 is 1.58 bits per heavy atom. The largest absolute Gasteiger partial charge is 0.737 e. The van der Waals surface area contributed by atoms with Crippen LogP contribution in [-0.4, -0.2) is 158 Å². The Hall–Kier alpha value is -5.26. The number of unbranched alkanes of at least 4 members (excludes halogenated alkanes) is 4. The lowest BCUT2D eigenvalue weighted by Gasteiger charge is -2.32. The number of allylic oxidation sites excluding steroid dienone is 3. The van der Waals surface area contributed by atoms with E-state index in [1.165, 1.54) is 8.96 Å². The number of hydrogen-bond donors (Lipinski definition) is 2. The fraction of sp³-hybridized carbons (Fsp3) is 0.607. The number of benzene rings is 1. The molecule has 0 spiro atoms. The maximum absolute atomic E-state index is 17.5. The second kappa shape index (κ2) is 26.8. The Kier molecular flexibility index (Phi) is 21.5. The predicted octanol–water partition coefficient (Wildman–Crippen LogP) is 7.82. The molecule has 14 nitrogen and oxygen atoms in total. The highest BCUT2D eigenvalue weighted by Gasteiger charge is 2.54. The fourth-order valence-corrected chi connectivity index (χ4v) is 10.0. The van der Waals surface area contributed by atoms with Crippen molar-refractivity contribution in [2.24, 2.45) is 5.92 Å². The Morgan fingerprint density at radius 3 is 2.23 bits per heavy atom. The van der Waals surface area contributed by atoms with Crippen LogP contribution in [0.15, 0.2) is 66.0 Å². The van der Waals surface area contributed by atoms with E-state index in [1.54, 1.807) is 0 Å². The molecule has 3 aliphatic rings. The molecule has 3 aliphatic heterocycles. The maximum atomic E-state index is 17.5. The summed E-state index contributed by atoms with van der Waals surface area (Å²) < 4.78 is 39.1. The van der Waals surface area contributed by atoms with Gasteiger partial charge in [0.1, 0.15) is 0 Å². The van der Waals surface area contributed by atoms with E-state index < -0.39 is 30.8 Å². The Balaban J connectivity index is 1.20. The van der Waals surface area contributed by atoms with E-state index in [0.29, 0.717) is 86.5 Å². The van der Waals surface area contributed by atoms with Gasteiger partial charge < -0.3 is 46.9 Å². The number of hydrogen-bond acceptors (Lipinski definition) is 7. The number of rotatable bonds is 32. The summed E-state index contributed by atoms with van der Waals surface area (Å²) >= 11 is 0. The minimum Gasteiger partial charge on any atom is -0.394 e. The third kappa shape index (κ3) is 17.1. The van der Waals surface area contributed by atoms with Crippen molar-refractivity contribution in [1.82, 2.24) is 25.1 Å². The number of nitrogens with zero attached hydrogens (tertiary/aromatic N) is 6. The third-order valence-electron chi connectivity index (χ3n) is 14.2. The summed E-state index contributed by atoms with van der Waals surface area (Å²) in [5, 5.41) is 6.99.